The predicted octanol–water partition coefficient (Wildman–Crippen LogP) is 3.33. The largest absolute Gasteiger partial charge is 0.300 e. The van der Waals surface area contributed by atoms with Gasteiger partial charge in [0.15, 0.2) is 0 Å². The lowest BCUT2D eigenvalue weighted by atomic mass is 9.64. The summed E-state index contributed by atoms with van der Waals surface area (Å²) in [6.45, 7) is 4.49. The third-order valence-corrected chi connectivity index (χ3v) is 3.98. The van der Waals surface area contributed by atoms with E-state index < -0.39 is 0 Å². The van der Waals surface area contributed by atoms with E-state index >= 15 is 0 Å². The van der Waals surface area contributed by atoms with Crippen molar-refractivity contribution in [2.75, 3.05) is 0 Å². The van der Waals surface area contributed by atoms with Gasteiger partial charge in [0.05, 0.1) is 0 Å². The fourth-order valence-electron chi connectivity index (χ4n) is 2.56. The molecule has 15 heavy (non-hydrogen) atoms. The van der Waals surface area contributed by atoms with Crippen LogP contribution in [0.25, 0.3) is 0 Å². The van der Waals surface area contributed by atoms with Crippen LogP contribution in [0.15, 0.2) is 30.3 Å². The average molecular weight is 202 g/mol. The molecule has 0 saturated heterocycles. The van der Waals surface area contributed by atoms with Crippen LogP contribution >= 0.6 is 0 Å². The molecule has 1 aliphatic carbocycles. The number of rotatable bonds is 1. The van der Waals surface area contributed by atoms with Crippen LogP contribution in [0.4, 0.5) is 0 Å². The summed E-state index contributed by atoms with van der Waals surface area (Å²) in [6, 6.07) is 10.6. The number of benzene rings is 1. The van der Waals surface area contributed by atoms with Gasteiger partial charge in [-0.25, -0.2) is 0 Å². The van der Waals surface area contributed by atoms with E-state index in [1.165, 1.54) is 5.56 Å². The lowest BCUT2D eigenvalue weighted by molar-refractivity contribution is -0.122. The minimum Gasteiger partial charge on any atom is -0.300 e. The molecule has 1 nitrogen and oxygen atoms in total. The zero-order valence-corrected chi connectivity index (χ0v) is 9.49. The molecule has 0 unspecified atom stereocenters. The second-order valence-corrected chi connectivity index (χ2v) is 4.93. The Hall–Kier alpha value is -1.11. The average Bonchev–Trinajstić information content (AvgIpc) is 2.25. The Morgan fingerprint density at radius 1 is 1.27 bits per heavy atom. The van der Waals surface area contributed by atoms with Crippen LogP contribution in [-0.4, -0.2) is 5.78 Å². The molecule has 0 aliphatic heterocycles. The second kappa shape index (κ2) is 3.80. The third-order valence-electron chi connectivity index (χ3n) is 3.98. The number of carbonyl (C=O) groups is 1. The quantitative estimate of drug-likeness (QED) is 0.682. The van der Waals surface area contributed by atoms with Crippen LogP contribution in [0.3, 0.4) is 0 Å². The summed E-state index contributed by atoms with van der Waals surface area (Å²) in [5.74, 6) is 0.886. The first-order valence-corrected chi connectivity index (χ1v) is 5.70. The summed E-state index contributed by atoms with van der Waals surface area (Å²) in [7, 11) is 0. The Balaban J connectivity index is 2.30. The number of ketones is 1. The molecule has 1 saturated carbocycles. The molecule has 1 aromatic carbocycles. The molecule has 1 fully saturated rings. The van der Waals surface area contributed by atoms with Crippen LogP contribution in [0.1, 0.15) is 38.7 Å². The van der Waals surface area contributed by atoms with Gasteiger partial charge in [-0.2, -0.15) is 0 Å². The highest BCUT2D eigenvalue weighted by Gasteiger charge is 2.37. The SMILES string of the molecule is C[C@@H]1CC(=O)CC[C@]1(C)c1ccccc1. The van der Waals surface area contributed by atoms with Crippen LogP contribution in [0.2, 0.25) is 0 Å². The Kier molecular flexibility index (Phi) is 2.64. The van der Waals surface area contributed by atoms with Crippen LogP contribution in [0, 0.1) is 5.92 Å². The van der Waals surface area contributed by atoms with Crippen LogP contribution in [0.5, 0.6) is 0 Å². The molecule has 1 aliphatic rings. The minimum atomic E-state index is 0.190. The van der Waals surface area contributed by atoms with Gasteiger partial charge in [0, 0.05) is 12.8 Å². The van der Waals surface area contributed by atoms with Crippen molar-refractivity contribution in [2.45, 2.75) is 38.5 Å². The van der Waals surface area contributed by atoms with Crippen molar-refractivity contribution in [1.29, 1.82) is 0 Å². The summed E-state index contributed by atoms with van der Waals surface area (Å²) < 4.78 is 0. The number of Topliss-reactive ketones (excluding diaryl/α,β-unsaturated/α-hetero) is 1. The van der Waals surface area contributed by atoms with E-state index in [-0.39, 0.29) is 5.41 Å². The van der Waals surface area contributed by atoms with E-state index in [1.54, 1.807) is 0 Å². The minimum absolute atomic E-state index is 0.190. The monoisotopic (exact) mass is 202 g/mol. The van der Waals surface area contributed by atoms with Gasteiger partial charge in [-0.15, -0.1) is 0 Å². The summed E-state index contributed by atoms with van der Waals surface area (Å²) in [5.41, 5.74) is 1.57. The molecule has 0 radical (unpaired) electrons. The molecule has 1 aromatic rings. The topological polar surface area (TPSA) is 17.1 Å². The van der Waals surface area contributed by atoms with Crippen LogP contribution in [-0.2, 0) is 10.2 Å². The van der Waals surface area contributed by atoms with E-state index in [0.29, 0.717) is 11.7 Å². The molecule has 0 heterocycles. The molecule has 2 atom stereocenters. The molecule has 80 valence electrons. The zero-order valence-electron chi connectivity index (χ0n) is 9.49. The molecule has 0 N–H and O–H groups in total. The van der Waals surface area contributed by atoms with E-state index in [0.717, 1.165) is 19.3 Å². The zero-order chi connectivity index (χ0) is 10.9. The van der Waals surface area contributed by atoms with Crippen LogP contribution < -0.4 is 0 Å². The lowest BCUT2D eigenvalue weighted by Crippen LogP contribution is -2.36. The maximum atomic E-state index is 11.4. The van der Waals surface area contributed by atoms with Crippen molar-refractivity contribution in [1.82, 2.24) is 0 Å². The van der Waals surface area contributed by atoms with Crippen molar-refractivity contribution in [3.63, 3.8) is 0 Å². The smallest absolute Gasteiger partial charge is 0.133 e. The van der Waals surface area contributed by atoms with E-state index in [9.17, 15) is 4.79 Å². The standard InChI is InChI=1S/C14H18O/c1-11-10-13(15)8-9-14(11,2)12-6-4-3-5-7-12/h3-7,11H,8-10H2,1-2H3/t11-,14+/m1/s1. The summed E-state index contributed by atoms with van der Waals surface area (Å²) >= 11 is 0. The first kappa shape index (κ1) is 10.4. The van der Waals surface area contributed by atoms with Crippen molar-refractivity contribution < 1.29 is 4.79 Å². The second-order valence-electron chi connectivity index (χ2n) is 4.93. The summed E-state index contributed by atoms with van der Waals surface area (Å²) in [6.07, 6.45) is 2.48. The Morgan fingerprint density at radius 3 is 2.53 bits per heavy atom. The molecule has 0 aromatic heterocycles. The van der Waals surface area contributed by atoms with Gasteiger partial charge < -0.3 is 0 Å². The molecular weight excluding hydrogens is 184 g/mol. The first-order valence-electron chi connectivity index (χ1n) is 5.70. The van der Waals surface area contributed by atoms with Gasteiger partial charge in [-0.1, -0.05) is 44.2 Å². The molecular formula is C14H18O. The van der Waals surface area contributed by atoms with E-state index in [4.69, 9.17) is 0 Å². The molecule has 2 rings (SSSR count). The van der Waals surface area contributed by atoms with Gasteiger partial charge in [-0.3, -0.25) is 4.79 Å². The maximum Gasteiger partial charge on any atom is 0.133 e. The highest BCUT2D eigenvalue weighted by Crippen LogP contribution is 2.41. The van der Waals surface area contributed by atoms with Gasteiger partial charge in [0.2, 0.25) is 0 Å². The first-order chi connectivity index (χ1) is 7.13. The molecule has 1 heteroatoms. The Morgan fingerprint density at radius 2 is 1.93 bits per heavy atom. The summed E-state index contributed by atoms with van der Waals surface area (Å²) in [4.78, 5) is 11.4. The van der Waals surface area contributed by atoms with Gasteiger partial charge in [0.1, 0.15) is 5.78 Å². The van der Waals surface area contributed by atoms with Crippen molar-refractivity contribution in [3.05, 3.63) is 35.9 Å². The van der Waals surface area contributed by atoms with Gasteiger partial charge in [0.25, 0.3) is 0 Å². The maximum absolute atomic E-state index is 11.4. The molecule has 0 amide bonds. The fourth-order valence-corrected chi connectivity index (χ4v) is 2.56. The number of hydrogen-bond donors (Lipinski definition) is 0. The lowest BCUT2D eigenvalue weighted by Gasteiger charge is -2.39. The third kappa shape index (κ3) is 1.83. The van der Waals surface area contributed by atoms with Crippen molar-refractivity contribution >= 4 is 5.78 Å². The fraction of sp³-hybridized carbons (Fsp3) is 0.500. The summed E-state index contributed by atoms with van der Waals surface area (Å²) in [5, 5.41) is 0. The highest BCUT2D eigenvalue weighted by atomic mass is 16.1. The highest BCUT2D eigenvalue weighted by molar-refractivity contribution is 5.80. The normalized spacial score (nSPS) is 31.6. The molecule has 0 bridgehead atoms. The Labute approximate surface area is 91.5 Å². The number of carbonyl (C=O) groups excluding carboxylic acids is 1. The van der Waals surface area contributed by atoms with Crippen molar-refractivity contribution in [2.24, 2.45) is 5.92 Å². The van der Waals surface area contributed by atoms with E-state index in [2.05, 4.69) is 38.1 Å². The predicted molar refractivity (Wildman–Crippen MR) is 61.8 cm³/mol. The van der Waals surface area contributed by atoms with Gasteiger partial charge in [-0.05, 0) is 23.3 Å². The Bertz CT molecular complexity index is 355. The number of hydrogen-bond acceptors (Lipinski definition) is 1. The van der Waals surface area contributed by atoms with Gasteiger partial charge >= 0.3 is 0 Å². The molecule has 0 spiro atoms. The van der Waals surface area contributed by atoms with E-state index in [1.807, 2.05) is 6.07 Å². The van der Waals surface area contributed by atoms with Crippen molar-refractivity contribution in [3.8, 4) is 0 Å².